The number of rotatable bonds is 6. The maximum absolute atomic E-state index is 14.8. The van der Waals surface area contributed by atoms with Crippen molar-refractivity contribution >= 4 is 45.8 Å². The topological polar surface area (TPSA) is 101 Å². The predicted octanol–water partition coefficient (Wildman–Crippen LogP) is 7.90. The van der Waals surface area contributed by atoms with E-state index in [1.807, 2.05) is 6.92 Å². The van der Waals surface area contributed by atoms with E-state index < -0.39 is 29.3 Å². The van der Waals surface area contributed by atoms with Crippen molar-refractivity contribution in [2.45, 2.75) is 39.5 Å². The first-order valence-corrected chi connectivity index (χ1v) is 12.4. The molecule has 13 heteroatoms. The molecule has 4 aromatic rings. The largest absolute Gasteiger partial charge is 0.444 e. The third-order valence-corrected chi connectivity index (χ3v) is 5.84. The van der Waals surface area contributed by atoms with E-state index in [9.17, 15) is 22.4 Å². The number of amides is 1. The molecule has 0 saturated carbocycles. The Hall–Kier alpha value is -4.26. The van der Waals surface area contributed by atoms with E-state index in [0.717, 1.165) is 23.9 Å². The van der Waals surface area contributed by atoms with E-state index in [1.165, 1.54) is 42.0 Å². The Kier molecular flexibility index (Phi) is 7.72. The first-order chi connectivity index (χ1) is 18.3. The molecule has 2 heterocycles. The molecule has 0 atom stereocenters. The standard InChI is InChI=1S/C26H24F4N6O2S/c1-14-11-21(39-36-14)34-23-31-13-18(15-5-7-16(8-6-15)26(28,29)30)22(35-23)33-20-12-17(9-10-19(20)27)32-24(37)38-25(2,3)4/h5-13H,1-4H3,(H,32,37)(H2,31,33,34,35). The van der Waals surface area contributed by atoms with Crippen molar-refractivity contribution in [2.75, 3.05) is 16.0 Å². The molecule has 2 aromatic carbocycles. The van der Waals surface area contributed by atoms with Crippen LogP contribution in [-0.2, 0) is 10.9 Å². The molecule has 39 heavy (non-hydrogen) atoms. The highest BCUT2D eigenvalue weighted by atomic mass is 32.1. The van der Waals surface area contributed by atoms with Crippen LogP contribution in [0.25, 0.3) is 11.1 Å². The molecule has 0 aliphatic carbocycles. The predicted molar refractivity (Wildman–Crippen MR) is 142 cm³/mol. The SMILES string of the molecule is Cc1cc(Nc2ncc(-c3ccc(C(F)(F)F)cc3)c(Nc3cc(NC(=O)OC(C)(C)C)ccc3F)n2)sn1. The van der Waals surface area contributed by atoms with E-state index in [-0.39, 0.29) is 23.1 Å². The number of ether oxygens (including phenoxy) is 1. The van der Waals surface area contributed by atoms with Crippen LogP contribution in [0.1, 0.15) is 32.0 Å². The molecule has 0 aliphatic rings. The van der Waals surface area contributed by atoms with Gasteiger partial charge in [0, 0.05) is 17.4 Å². The zero-order valence-corrected chi connectivity index (χ0v) is 22.1. The molecule has 0 unspecified atom stereocenters. The Morgan fingerprint density at radius 2 is 1.72 bits per heavy atom. The minimum atomic E-state index is -4.50. The number of carbonyl (C=O) groups is 1. The number of benzene rings is 2. The van der Waals surface area contributed by atoms with Crippen LogP contribution in [0.2, 0.25) is 0 Å². The number of anilines is 5. The molecule has 2 aromatic heterocycles. The van der Waals surface area contributed by atoms with Gasteiger partial charge in [0.05, 0.1) is 16.9 Å². The van der Waals surface area contributed by atoms with Gasteiger partial charge in [0.15, 0.2) is 0 Å². The second kappa shape index (κ2) is 10.8. The molecule has 8 nitrogen and oxygen atoms in total. The van der Waals surface area contributed by atoms with Gasteiger partial charge < -0.3 is 15.4 Å². The van der Waals surface area contributed by atoms with Gasteiger partial charge in [0.25, 0.3) is 0 Å². The van der Waals surface area contributed by atoms with Crippen LogP contribution in [0.15, 0.2) is 54.7 Å². The van der Waals surface area contributed by atoms with Gasteiger partial charge in [-0.1, -0.05) is 12.1 Å². The fourth-order valence-corrected chi connectivity index (χ4v) is 4.02. The van der Waals surface area contributed by atoms with Crippen LogP contribution in [0, 0.1) is 12.7 Å². The molecule has 0 fully saturated rings. The van der Waals surface area contributed by atoms with Crippen LogP contribution in [0.4, 0.5) is 50.5 Å². The summed E-state index contributed by atoms with van der Waals surface area (Å²) in [6.45, 7) is 6.95. The highest BCUT2D eigenvalue weighted by molar-refractivity contribution is 7.10. The molecule has 4 rings (SSSR count). The Morgan fingerprint density at radius 3 is 2.33 bits per heavy atom. The number of aromatic nitrogens is 3. The molecule has 0 saturated heterocycles. The number of carbonyl (C=O) groups excluding carboxylic acids is 1. The summed E-state index contributed by atoms with van der Waals surface area (Å²) >= 11 is 1.19. The number of halogens is 4. The Bertz CT molecular complexity index is 1480. The Labute approximate surface area is 225 Å². The summed E-state index contributed by atoms with van der Waals surface area (Å²) in [5.41, 5.74) is 0.134. The fraction of sp³-hybridized carbons (Fsp3) is 0.231. The summed E-state index contributed by atoms with van der Waals surface area (Å²) in [5.74, 6) is -0.392. The van der Waals surface area contributed by atoms with Crippen LogP contribution in [-0.4, -0.2) is 26.0 Å². The maximum Gasteiger partial charge on any atom is 0.416 e. The second-order valence-corrected chi connectivity index (χ2v) is 10.2. The van der Waals surface area contributed by atoms with Gasteiger partial charge in [-0.3, -0.25) is 5.32 Å². The number of hydrogen-bond donors (Lipinski definition) is 3. The molecule has 0 bridgehead atoms. The van der Waals surface area contributed by atoms with Crippen LogP contribution >= 0.6 is 11.5 Å². The van der Waals surface area contributed by atoms with Crippen LogP contribution in [0.5, 0.6) is 0 Å². The number of hydrogen-bond acceptors (Lipinski definition) is 8. The Morgan fingerprint density at radius 1 is 1.00 bits per heavy atom. The average molecular weight is 561 g/mol. The molecular weight excluding hydrogens is 536 g/mol. The third kappa shape index (κ3) is 7.41. The summed E-state index contributed by atoms with van der Waals surface area (Å²) in [5, 5.41) is 9.10. The van der Waals surface area contributed by atoms with Crippen LogP contribution in [0.3, 0.4) is 0 Å². The van der Waals surface area contributed by atoms with Crippen molar-refractivity contribution in [1.29, 1.82) is 0 Å². The molecule has 3 N–H and O–H groups in total. The van der Waals surface area contributed by atoms with Crippen molar-refractivity contribution in [3.05, 3.63) is 71.8 Å². The van der Waals surface area contributed by atoms with Gasteiger partial charge in [-0.2, -0.15) is 22.5 Å². The van der Waals surface area contributed by atoms with E-state index in [2.05, 4.69) is 30.3 Å². The second-order valence-electron chi connectivity index (χ2n) is 9.44. The summed E-state index contributed by atoms with van der Waals surface area (Å²) in [4.78, 5) is 20.9. The van der Waals surface area contributed by atoms with Gasteiger partial charge in [-0.25, -0.2) is 14.2 Å². The van der Waals surface area contributed by atoms with Gasteiger partial charge in [0.1, 0.15) is 22.2 Å². The van der Waals surface area contributed by atoms with Gasteiger partial charge >= 0.3 is 12.3 Å². The minimum Gasteiger partial charge on any atom is -0.444 e. The highest BCUT2D eigenvalue weighted by Gasteiger charge is 2.30. The summed E-state index contributed by atoms with van der Waals surface area (Å²) in [6, 6.07) is 10.1. The van der Waals surface area contributed by atoms with Crippen molar-refractivity contribution in [3.8, 4) is 11.1 Å². The van der Waals surface area contributed by atoms with E-state index in [0.29, 0.717) is 16.1 Å². The molecule has 1 amide bonds. The monoisotopic (exact) mass is 560 g/mol. The lowest BCUT2D eigenvalue weighted by molar-refractivity contribution is -0.137. The van der Waals surface area contributed by atoms with E-state index in [4.69, 9.17) is 4.74 Å². The highest BCUT2D eigenvalue weighted by Crippen LogP contribution is 2.35. The Balaban J connectivity index is 1.69. The maximum atomic E-state index is 14.8. The van der Waals surface area contributed by atoms with Crippen molar-refractivity contribution < 1.29 is 27.1 Å². The van der Waals surface area contributed by atoms with E-state index in [1.54, 1.807) is 26.8 Å². The summed E-state index contributed by atoms with van der Waals surface area (Å²) in [7, 11) is 0. The van der Waals surface area contributed by atoms with Crippen molar-refractivity contribution in [1.82, 2.24) is 14.3 Å². The zero-order chi connectivity index (χ0) is 28.4. The lowest BCUT2D eigenvalue weighted by Crippen LogP contribution is -2.27. The molecule has 0 radical (unpaired) electrons. The number of nitrogens with zero attached hydrogens (tertiary/aromatic N) is 3. The van der Waals surface area contributed by atoms with Crippen molar-refractivity contribution in [2.24, 2.45) is 0 Å². The minimum absolute atomic E-state index is 0.0463. The van der Waals surface area contributed by atoms with Crippen molar-refractivity contribution in [3.63, 3.8) is 0 Å². The number of alkyl halides is 3. The quantitative estimate of drug-likeness (QED) is 0.206. The average Bonchev–Trinajstić information content (AvgIpc) is 3.24. The first kappa shape index (κ1) is 27.8. The van der Waals surface area contributed by atoms with Gasteiger partial charge in [0.2, 0.25) is 5.95 Å². The smallest absolute Gasteiger partial charge is 0.416 e. The lowest BCUT2D eigenvalue weighted by Gasteiger charge is -2.20. The summed E-state index contributed by atoms with van der Waals surface area (Å²) < 4.78 is 63.5. The molecule has 0 aliphatic heterocycles. The molecular formula is C26H24F4N6O2S. The molecule has 0 spiro atoms. The number of aryl methyl sites for hydroxylation is 1. The van der Waals surface area contributed by atoms with Gasteiger partial charge in [-0.05, 0) is 81.2 Å². The molecule has 204 valence electrons. The first-order valence-electron chi connectivity index (χ1n) is 11.6. The lowest BCUT2D eigenvalue weighted by atomic mass is 10.1. The van der Waals surface area contributed by atoms with E-state index >= 15 is 0 Å². The number of nitrogens with one attached hydrogen (secondary N) is 3. The zero-order valence-electron chi connectivity index (χ0n) is 21.3. The fourth-order valence-electron chi connectivity index (χ4n) is 3.37. The van der Waals surface area contributed by atoms with Gasteiger partial charge in [-0.15, -0.1) is 0 Å². The summed E-state index contributed by atoms with van der Waals surface area (Å²) in [6.07, 6.45) is -3.81. The normalized spacial score (nSPS) is 11.7. The van der Waals surface area contributed by atoms with Crippen LogP contribution < -0.4 is 16.0 Å². The third-order valence-electron chi connectivity index (χ3n) is 5.04.